The van der Waals surface area contributed by atoms with E-state index in [4.69, 9.17) is 13.9 Å². The summed E-state index contributed by atoms with van der Waals surface area (Å²) < 4.78 is 16.7. The third-order valence-corrected chi connectivity index (χ3v) is 9.47. The normalized spacial score (nSPS) is 14.3. The van der Waals surface area contributed by atoms with Crippen LogP contribution in [0.1, 0.15) is 40.2 Å². The summed E-state index contributed by atoms with van der Waals surface area (Å²) in [5.41, 5.74) is 0.909. The number of hydrogen-bond acceptors (Lipinski definition) is 5. The van der Waals surface area contributed by atoms with Gasteiger partial charge in [-0.3, -0.25) is 0 Å². The van der Waals surface area contributed by atoms with Crippen molar-refractivity contribution in [2.75, 3.05) is 6.61 Å². The van der Waals surface area contributed by atoms with E-state index in [-0.39, 0.29) is 11.6 Å². The summed E-state index contributed by atoms with van der Waals surface area (Å²) in [6.45, 7) is 14.7. The number of carbonyl (C=O) groups is 2. The van der Waals surface area contributed by atoms with Gasteiger partial charge in [0.2, 0.25) is 0 Å². The van der Waals surface area contributed by atoms with Gasteiger partial charge in [-0.05, 0) is 43.6 Å². The molecule has 1 amide bonds. The molecule has 0 aliphatic rings. The van der Waals surface area contributed by atoms with Crippen LogP contribution in [-0.2, 0) is 25.3 Å². The first-order chi connectivity index (χ1) is 13.5. The van der Waals surface area contributed by atoms with Crippen LogP contribution in [0.2, 0.25) is 18.1 Å². The minimum Gasteiger partial charge on any atom is -0.463 e. The highest BCUT2D eigenvalue weighted by molar-refractivity contribution is 6.74. The lowest BCUT2D eigenvalue weighted by Gasteiger charge is -2.40. The molecule has 0 unspecified atom stereocenters. The van der Waals surface area contributed by atoms with Crippen molar-refractivity contribution < 1.29 is 23.5 Å². The van der Waals surface area contributed by atoms with Gasteiger partial charge < -0.3 is 19.2 Å². The fourth-order valence-electron chi connectivity index (χ4n) is 2.22. The molecule has 0 saturated carbocycles. The molecule has 1 rings (SSSR count). The lowest BCUT2D eigenvalue weighted by molar-refractivity contribution is -0.137. The van der Waals surface area contributed by atoms with Gasteiger partial charge >= 0.3 is 12.1 Å². The summed E-state index contributed by atoms with van der Waals surface area (Å²) in [6.07, 6.45) is 1.99. The van der Waals surface area contributed by atoms with Crippen LogP contribution in [0.4, 0.5) is 4.79 Å². The van der Waals surface area contributed by atoms with Crippen molar-refractivity contribution in [1.82, 2.24) is 5.32 Å². The van der Waals surface area contributed by atoms with E-state index in [1.807, 2.05) is 37.3 Å². The van der Waals surface area contributed by atoms with Crippen molar-refractivity contribution in [3.8, 4) is 0 Å². The molecule has 0 saturated heterocycles. The van der Waals surface area contributed by atoms with Crippen LogP contribution in [0.5, 0.6) is 0 Å². The van der Waals surface area contributed by atoms with Crippen molar-refractivity contribution >= 4 is 20.4 Å². The van der Waals surface area contributed by atoms with Gasteiger partial charge in [-0.25, -0.2) is 9.59 Å². The minimum absolute atomic E-state index is 0.0173. The highest BCUT2D eigenvalue weighted by atomic mass is 28.4. The zero-order valence-corrected chi connectivity index (χ0v) is 19.7. The molecule has 0 aromatic heterocycles. The van der Waals surface area contributed by atoms with Crippen molar-refractivity contribution in [1.29, 1.82) is 0 Å². The molecular formula is C22H35NO5Si. The molecule has 2 atom stereocenters. The number of rotatable bonds is 9. The third-order valence-electron chi connectivity index (χ3n) is 5.00. The Morgan fingerprint density at radius 3 is 2.31 bits per heavy atom. The topological polar surface area (TPSA) is 73.9 Å². The van der Waals surface area contributed by atoms with E-state index in [2.05, 4.69) is 39.2 Å². The fraction of sp³-hybridized carbons (Fsp3) is 0.545. The second kappa shape index (κ2) is 11.2. The second-order valence-electron chi connectivity index (χ2n) is 8.45. The lowest BCUT2D eigenvalue weighted by Crippen LogP contribution is -2.50. The Hall–Kier alpha value is -2.12. The molecule has 0 aliphatic heterocycles. The van der Waals surface area contributed by atoms with Gasteiger partial charge in [0.15, 0.2) is 8.32 Å². The maximum atomic E-state index is 12.2. The van der Waals surface area contributed by atoms with Crippen LogP contribution in [0.25, 0.3) is 0 Å². The maximum absolute atomic E-state index is 12.2. The molecule has 29 heavy (non-hydrogen) atoms. The molecule has 7 heteroatoms. The quantitative estimate of drug-likeness (QED) is 0.352. The summed E-state index contributed by atoms with van der Waals surface area (Å²) in [6, 6.07) is 9.08. The molecule has 0 aliphatic carbocycles. The number of esters is 1. The van der Waals surface area contributed by atoms with Crippen molar-refractivity contribution in [3.63, 3.8) is 0 Å². The SMILES string of the molecule is CCOC(=O)/C=C/[C@@H](O[Si](C)(C)C(C)(C)C)[C@@H](C)NC(=O)OCc1ccccc1. The van der Waals surface area contributed by atoms with Gasteiger partial charge in [0.05, 0.1) is 18.8 Å². The molecule has 0 fully saturated rings. The second-order valence-corrected chi connectivity index (χ2v) is 13.2. The molecule has 0 radical (unpaired) electrons. The van der Waals surface area contributed by atoms with Crippen LogP contribution in [-0.4, -0.2) is 39.1 Å². The largest absolute Gasteiger partial charge is 0.463 e. The summed E-state index contributed by atoms with van der Waals surface area (Å²) in [4.78, 5) is 24.0. The first kappa shape index (κ1) is 24.9. The number of amides is 1. The summed E-state index contributed by atoms with van der Waals surface area (Å²) >= 11 is 0. The zero-order chi connectivity index (χ0) is 22.1. The molecule has 0 heterocycles. The predicted molar refractivity (Wildman–Crippen MR) is 117 cm³/mol. The number of nitrogens with one attached hydrogen (secondary N) is 1. The van der Waals surface area contributed by atoms with E-state index in [0.29, 0.717) is 6.61 Å². The highest BCUT2D eigenvalue weighted by Crippen LogP contribution is 2.37. The number of benzene rings is 1. The molecule has 0 bridgehead atoms. The first-order valence-electron chi connectivity index (χ1n) is 9.96. The number of hydrogen-bond donors (Lipinski definition) is 1. The van der Waals surface area contributed by atoms with Gasteiger partial charge in [-0.15, -0.1) is 0 Å². The molecule has 1 N–H and O–H groups in total. The molecule has 1 aromatic carbocycles. The Labute approximate surface area is 175 Å². The van der Waals surface area contributed by atoms with Gasteiger partial charge in [0.25, 0.3) is 0 Å². The number of ether oxygens (including phenoxy) is 2. The van der Waals surface area contributed by atoms with Gasteiger partial charge in [0.1, 0.15) is 6.61 Å². The fourth-order valence-corrected chi connectivity index (χ4v) is 3.54. The van der Waals surface area contributed by atoms with Crippen molar-refractivity contribution in [2.24, 2.45) is 0 Å². The minimum atomic E-state index is -2.14. The standard InChI is InChI=1S/C22H35NO5Si/c1-8-26-20(24)15-14-19(28-29(6,7)22(3,4)5)17(2)23-21(25)27-16-18-12-10-9-11-13-18/h9-15,17,19H,8,16H2,1-7H3,(H,23,25)/b15-14+/t17-,19-/m1/s1. The van der Waals surface area contributed by atoms with Gasteiger partial charge in [-0.1, -0.05) is 51.1 Å². The smallest absolute Gasteiger partial charge is 0.407 e. The van der Waals surface area contributed by atoms with E-state index in [9.17, 15) is 9.59 Å². The van der Waals surface area contributed by atoms with E-state index < -0.39 is 32.5 Å². The Bertz CT molecular complexity index is 682. The summed E-state index contributed by atoms with van der Waals surface area (Å²) in [5, 5.41) is 2.80. The molecular weight excluding hydrogens is 386 g/mol. The Balaban J connectivity index is 2.81. The molecule has 6 nitrogen and oxygen atoms in total. The van der Waals surface area contributed by atoms with E-state index in [0.717, 1.165) is 5.56 Å². The predicted octanol–water partition coefficient (Wildman–Crippen LogP) is 4.81. The van der Waals surface area contributed by atoms with Gasteiger partial charge in [-0.2, -0.15) is 0 Å². The summed E-state index contributed by atoms with van der Waals surface area (Å²) in [7, 11) is -2.14. The molecule has 1 aromatic rings. The third kappa shape index (κ3) is 8.83. The van der Waals surface area contributed by atoms with Crippen LogP contribution < -0.4 is 5.32 Å². The van der Waals surface area contributed by atoms with Crippen molar-refractivity contribution in [3.05, 3.63) is 48.0 Å². The number of carbonyl (C=O) groups excluding carboxylic acids is 2. The molecule has 162 valence electrons. The highest BCUT2D eigenvalue weighted by Gasteiger charge is 2.40. The van der Waals surface area contributed by atoms with Crippen LogP contribution in [0.3, 0.4) is 0 Å². The van der Waals surface area contributed by atoms with Crippen molar-refractivity contribution in [2.45, 2.75) is 71.5 Å². The lowest BCUT2D eigenvalue weighted by atomic mass is 10.2. The Kier molecular flexibility index (Phi) is 9.59. The Morgan fingerprint density at radius 2 is 1.76 bits per heavy atom. The van der Waals surface area contributed by atoms with Crippen LogP contribution >= 0.6 is 0 Å². The average molecular weight is 422 g/mol. The first-order valence-corrected chi connectivity index (χ1v) is 12.9. The van der Waals surface area contributed by atoms with E-state index >= 15 is 0 Å². The summed E-state index contributed by atoms with van der Waals surface area (Å²) in [5.74, 6) is -0.435. The average Bonchev–Trinajstić information content (AvgIpc) is 2.63. The van der Waals surface area contributed by atoms with E-state index in [1.165, 1.54) is 6.08 Å². The molecule has 0 spiro atoms. The Morgan fingerprint density at radius 1 is 1.14 bits per heavy atom. The maximum Gasteiger partial charge on any atom is 0.407 e. The van der Waals surface area contributed by atoms with Gasteiger partial charge in [0, 0.05) is 6.08 Å². The van der Waals surface area contributed by atoms with E-state index in [1.54, 1.807) is 13.0 Å². The van der Waals surface area contributed by atoms with Crippen LogP contribution in [0, 0.1) is 0 Å². The zero-order valence-electron chi connectivity index (χ0n) is 18.7. The van der Waals surface area contributed by atoms with Crippen LogP contribution in [0.15, 0.2) is 42.5 Å². The monoisotopic (exact) mass is 421 g/mol. The number of alkyl carbamates (subject to hydrolysis) is 1.